The van der Waals surface area contributed by atoms with Crippen LogP contribution in [0, 0.1) is 6.92 Å². The Labute approximate surface area is 157 Å². The third kappa shape index (κ3) is 6.47. The molecule has 2 heterocycles. The molecule has 4 N–H and O–H groups in total. The molecule has 152 valence electrons. The molecule has 27 heavy (non-hydrogen) atoms. The molecule has 10 nitrogen and oxygen atoms in total. The lowest BCUT2D eigenvalue weighted by Gasteiger charge is -2.40. The summed E-state index contributed by atoms with van der Waals surface area (Å²) in [4.78, 5) is 19.9. The fraction of sp³-hybridized carbons (Fsp3) is 0.647. The zero-order valence-corrected chi connectivity index (χ0v) is 15.1. The SMILES string of the molecule is Cc1cncc(CONCCCO[C@H]2OC(CO)[C@@H](OC=O)[C@@H](O)C2O)c1. The Balaban J connectivity index is 1.64. The van der Waals surface area contributed by atoms with Crippen molar-refractivity contribution in [2.75, 3.05) is 19.8 Å². The van der Waals surface area contributed by atoms with Crippen LogP contribution in [0.2, 0.25) is 0 Å². The van der Waals surface area contributed by atoms with Gasteiger partial charge in [-0.25, -0.2) is 5.48 Å². The second kappa shape index (κ2) is 11.2. The molecule has 1 aliphatic heterocycles. The summed E-state index contributed by atoms with van der Waals surface area (Å²) in [5.41, 5.74) is 4.80. The minimum absolute atomic E-state index is 0.131. The van der Waals surface area contributed by atoms with Crippen LogP contribution < -0.4 is 5.48 Å². The Morgan fingerprint density at radius 1 is 1.33 bits per heavy atom. The van der Waals surface area contributed by atoms with Gasteiger partial charge in [0.15, 0.2) is 12.4 Å². The summed E-state index contributed by atoms with van der Waals surface area (Å²) in [6.07, 6.45) is -2.07. The standard InChI is InChI=1S/C17H26N2O8/c1-11-5-12(7-18-6-11)9-26-19-3-2-4-24-17-15(23)14(22)16(25-10-21)13(8-20)27-17/h5-7,10,13-17,19-20,22-23H,2-4,8-9H2,1H3/t13?,14-,15?,16+,17-/m0/s1. The summed E-state index contributed by atoms with van der Waals surface area (Å²) in [5.74, 6) is 0. The summed E-state index contributed by atoms with van der Waals surface area (Å²) >= 11 is 0. The third-order valence-electron chi connectivity index (χ3n) is 4.01. The summed E-state index contributed by atoms with van der Waals surface area (Å²) in [7, 11) is 0. The van der Waals surface area contributed by atoms with Gasteiger partial charge in [0, 0.05) is 18.9 Å². The molecule has 0 aliphatic carbocycles. The van der Waals surface area contributed by atoms with Gasteiger partial charge >= 0.3 is 0 Å². The zero-order valence-electron chi connectivity index (χ0n) is 15.1. The Morgan fingerprint density at radius 3 is 2.85 bits per heavy atom. The van der Waals surface area contributed by atoms with E-state index in [1.54, 1.807) is 12.4 Å². The number of aliphatic hydroxyl groups is 3. The number of carbonyl (C=O) groups is 1. The van der Waals surface area contributed by atoms with Gasteiger partial charge < -0.3 is 29.5 Å². The highest BCUT2D eigenvalue weighted by atomic mass is 16.7. The van der Waals surface area contributed by atoms with Crippen LogP contribution in [0.1, 0.15) is 17.5 Å². The minimum atomic E-state index is -1.42. The van der Waals surface area contributed by atoms with E-state index in [1.165, 1.54) is 0 Å². The molecular weight excluding hydrogens is 360 g/mol. The lowest BCUT2D eigenvalue weighted by atomic mass is 9.99. The molecule has 0 radical (unpaired) electrons. The zero-order chi connectivity index (χ0) is 19.6. The molecular formula is C17H26N2O8. The van der Waals surface area contributed by atoms with E-state index in [0.29, 0.717) is 19.6 Å². The maximum absolute atomic E-state index is 10.5. The molecule has 2 rings (SSSR count). The van der Waals surface area contributed by atoms with Gasteiger partial charge in [-0.05, 0) is 24.5 Å². The molecule has 5 atom stereocenters. The van der Waals surface area contributed by atoms with E-state index in [4.69, 9.17) is 14.3 Å². The van der Waals surface area contributed by atoms with Crippen molar-refractivity contribution in [1.29, 1.82) is 0 Å². The molecule has 1 fully saturated rings. The average Bonchev–Trinajstić information content (AvgIpc) is 2.66. The van der Waals surface area contributed by atoms with E-state index in [9.17, 15) is 20.1 Å². The molecule has 1 aromatic heterocycles. The molecule has 0 amide bonds. The van der Waals surface area contributed by atoms with Crippen LogP contribution in [0.4, 0.5) is 0 Å². The third-order valence-corrected chi connectivity index (χ3v) is 4.01. The lowest BCUT2D eigenvalue weighted by molar-refractivity contribution is -0.301. The van der Waals surface area contributed by atoms with Gasteiger partial charge in [0.2, 0.25) is 0 Å². The van der Waals surface area contributed by atoms with Crippen molar-refractivity contribution in [2.24, 2.45) is 0 Å². The average molecular weight is 386 g/mol. The number of pyridine rings is 1. The summed E-state index contributed by atoms with van der Waals surface area (Å²) in [6, 6.07) is 1.98. The summed E-state index contributed by atoms with van der Waals surface area (Å²) < 4.78 is 15.4. The number of carbonyl (C=O) groups excluding carboxylic acids is 1. The number of hydrogen-bond donors (Lipinski definition) is 4. The largest absolute Gasteiger partial charge is 0.459 e. The van der Waals surface area contributed by atoms with Crippen LogP contribution in [-0.2, 0) is 30.4 Å². The first-order chi connectivity index (χ1) is 13.1. The van der Waals surface area contributed by atoms with Crippen LogP contribution in [0.25, 0.3) is 0 Å². The number of rotatable bonds is 11. The lowest BCUT2D eigenvalue weighted by Crippen LogP contribution is -2.60. The fourth-order valence-corrected chi connectivity index (χ4v) is 2.67. The van der Waals surface area contributed by atoms with Crippen molar-refractivity contribution >= 4 is 6.47 Å². The molecule has 1 saturated heterocycles. The second-order valence-electron chi connectivity index (χ2n) is 6.18. The summed E-state index contributed by atoms with van der Waals surface area (Å²) in [6.45, 7) is 2.67. The monoisotopic (exact) mass is 386 g/mol. The first-order valence-corrected chi connectivity index (χ1v) is 8.65. The van der Waals surface area contributed by atoms with Gasteiger partial charge in [0.25, 0.3) is 6.47 Å². The number of ether oxygens (including phenoxy) is 3. The first-order valence-electron chi connectivity index (χ1n) is 8.65. The van der Waals surface area contributed by atoms with Gasteiger partial charge in [0.05, 0.1) is 19.8 Å². The van der Waals surface area contributed by atoms with Crippen molar-refractivity contribution in [1.82, 2.24) is 10.5 Å². The van der Waals surface area contributed by atoms with E-state index in [1.807, 2.05) is 13.0 Å². The number of aliphatic hydroxyl groups excluding tert-OH is 3. The number of hydroxylamine groups is 1. The highest BCUT2D eigenvalue weighted by Crippen LogP contribution is 2.24. The number of nitrogens with zero attached hydrogens (tertiary/aromatic N) is 1. The Hall–Kier alpha value is -1.66. The minimum Gasteiger partial charge on any atom is -0.459 e. The number of nitrogens with one attached hydrogen (secondary N) is 1. The maximum Gasteiger partial charge on any atom is 0.293 e. The number of aryl methyl sites for hydroxylation is 1. The van der Waals surface area contributed by atoms with Crippen molar-refractivity contribution in [3.8, 4) is 0 Å². The molecule has 0 aromatic carbocycles. The smallest absolute Gasteiger partial charge is 0.293 e. The molecule has 2 unspecified atom stereocenters. The van der Waals surface area contributed by atoms with E-state index in [0.717, 1.165) is 11.1 Å². The molecule has 1 aromatic rings. The van der Waals surface area contributed by atoms with Crippen LogP contribution in [0.5, 0.6) is 0 Å². The van der Waals surface area contributed by atoms with Crippen molar-refractivity contribution < 1.29 is 39.2 Å². The molecule has 0 saturated carbocycles. The van der Waals surface area contributed by atoms with Crippen molar-refractivity contribution in [3.63, 3.8) is 0 Å². The maximum atomic E-state index is 10.5. The predicted molar refractivity (Wildman–Crippen MR) is 91.0 cm³/mol. The first kappa shape index (κ1) is 21.6. The molecule has 10 heteroatoms. The van der Waals surface area contributed by atoms with Gasteiger partial charge in [-0.15, -0.1) is 0 Å². The molecule has 0 spiro atoms. The molecule has 0 bridgehead atoms. The number of hydrogen-bond acceptors (Lipinski definition) is 10. The fourth-order valence-electron chi connectivity index (χ4n) is 2.67. The predicted octanol–water partition coefficient (Wildman–Crippen LogP) is -1.20. The topological polar surface area (TPSA) is 140 Å². The number of aromatic nitrogens is 1. The van der Waals surface area contributed by atoms with Crippen LogP contribution in [0.3, 0.4) is 0 Å². The quantitative estimate of drug-likeness (QED) is 0.208. The van der Waals surface area contributed by atoms with Gasteiger partial charge in [-0.3, -0.25) is 14.6 Å². The molecule has 1 aliphatic rings. The Bertz CT molecular complexity index is 574. The van der Waals surface area contributed by atoms with Crippen LogP contribution in [0.15, 0.2) is 18.5 Å². The highest BCUT2D eigenvalue weighted by molar-refractivity contribution is 5.38. The van der Waals surface area contributed by atoms with Gasteiger partial charge in [-0.1, -0.05) is 6.07 Å². The van der Waals surface area contributed by atoms with Crippen LogP contribution >= 0.6 is 0 Å². The normalized spacial score (nSPS) is 28.1. The van der Waals surface area contributed by atoms with E-state index >= 15 is 0 Å². The van der Waals surface area contributed by atoms with Crippen LogP contribution in [-0.4, -0.2) is 77.2 Å². The van der Waals surface area contributed by atoms with Crippen molar-refractivity contribution in [2.45, 2.75) is 50.7 Å². The van der Waals surface area contributed by atoms with Gasteiger partial charge in [-0.2, -0.15) is 0 Å². The van der Waals surface area contributed by atoms with E-state index in [-0.39, 0.29) is 13.1 Å². The highest BCUT2D eigenvalue weighted by Gasteiger charge is 2.46. The van der Waals surface area contributed by atoms with Gasteiger partial charge in [0.1, 0.15) is 18.3 Å². The Kier molecular flexibility index (Phi) is 9.01. The second-order valence-corrected chi connectivity index (χ2v) is 6.18. The van der Waals surface area contributed by atoms with E-state index in [2.05, 4.69) is 15.2 Å². The Morgan fingerprint density at radius 2 is 2.15 bits per heavy atom. The van der Waals surface area contributed by atoms with E-state index < -0.39 is 37.3 Å². The summed E-state index contributed by atoms with van der Waals surface area (Å²) in [5, 5.41) is 29.3. The van der Waals surface area contributed by atoms with Crippen molar-refractivity contribution in [3.05, 3.63) is 29.6 Å².